The summed E-state index contributed by atoms with van der Waals surface area (Å²) in [5, 5.41) is 0. The Balaban J connectivity index is 2.81. The summed E-state index contributed by atoms with van der Waals surface area (Å²) < 4.78 is 0.739. The summed E-state index contributed by atoms with van der Waals surface area (Å²) >= 11 is 3.27. The van der Waals surface area contributed by atoms with Gasteiger partial charge >= 0.3 is 0 Å². The molecule has 0 saturated heterocycles. The van der Waals surface area contributed by atoms with Crippen molar-refractivity contribution in [1.82, 2.24) is 14.8 Å². The first kappa shape index (κ1) is 15.1. The maximum atomic E-state index is 12.4. The summed E-state index contributed by atoms with van der Waals surface area (Å²) in [6.45, 7) is 5.61. The summed E-state index contributed by atoms with van der Waals surface area (Å²) in [6, 6.07) is 3.77. The van der Waals surface area contributed by atoms with Crippen molar-refractivity contribution < 1.29 is 4.79 Å². The van der Waals surface area contributed by atoms with E-state index >= 15 is 0 Å². The number of likely N-dealkylation sites (N-methyl/N-ethyl adjacent to an activating group) is 2. The van der Waals surface area contributed by atoms with Crippen molar-refractivity contribution in [2.24, 2.45) is 0 Å². The molecule has 4 nitrogen and oxygen atoms in total. The Kier molecular flexibility index (Phi) is 5.75. The van der Waals surface area contributed by atoms with Crippen LogP contribution >= 0.6 is 15.9 Å². The zero-order valence-electron chi connectivity index (χ0n) is 11.4. The van der Waals surface area contributed by atoms with Crippen molar-refractivity contribution >= 4 is 21.8 Å². The van der Waals surface area contributed by atoms with Crippen molar-refractivity contribution in [1.29, 1.82) is 0 Å². The van der Waals surface area contributed by atoms with E-state index in [0.717, 1.165) is 11.1 Å². The van der Waals surface area contributed by atoms with Gasteiger partial charge in [0.25, 0.3) is 5.91 Å². The highest BCUT2D eigenvalue weighted by molar-refractivity contribution is 9.10. The van der Waals surface area contributed by atoms with Crippen molar-refractivity contribution in [2.75, 3.05) is 27.2 Å². The second-order valence-corrected chi connectivity index (χ2v) is 5.38. The molecule has 0 radical (unpaired) electrons. The molecule has 5 heteroatoms. The Labute approximate surface area is 117 Å². The molecule has 0 aromatic carbocycles. The third-order valence-electron chi connectivity index (χ3n) is 2.74. The molecule has 1 aromatic rings. The van der Waals surface area contributed by atoms with Crippen molar-refractivity contribution in [3.63, 3.8) is 0 Å². The first-order valence-electron chi connectivity index (χ1n) is 6.03. The van der Waals surface area contributed by atoms with Crippen LogP contribution in [0.25, 0.3) is 0 Å². The maximum absolute atomic E-state index is 12.4. The minimum Gasteiger partial charge on any atom is -0.335 e. The van der Waals surface area contributed by atoms with Gasteiger partial charge in [-0.05, 0) is 56.0 Å². The standard InChI is InChI=1S/C13H20BrN3O/c1-5-17(10(2)9-16(3)4)13(18)11-6-7-12(14)15-8-11/h6-8,10H,5,9H2,1-4H3. The molecular formula is C13H20BrN3O. The van der Waals surface area contributed by atoms with Gasteiger partial charge in [-0.25, -0.2) is 4.98 Å². The topological polar surface area (TPSA) is 36.4 Å². The van der Waals surface area contributed by atoms with Gasteiger partial charge in [0.2, 0.25) is 0 Å². The molecule has 0 aliphatic rings. The number of amides is 1. The van der Waals surface area contributed by atoms with Crippen LogP contribution in [0.1, 0.15) is 24.2 Å². The molecule has 0 N–H and O–H groups in total. The first-order chi connectivity index (χ1) is 8.45. The molecule has 0 fully saturated rings. The van der Waals surface area contributed by atoms with Crippen LogP contribution in [0.2, 0.25) is 0 Å². The molecule has 0 saturated carbocycles. The number of rotatable bonds is 5. The zero-order valence-corrected chi connectivity index (χ0v) is 12.9. The fraction of sp³-hybridized carbons (Fsp3) is 0.538. The lowest BCUT2D eigenvalue weighted by atomic mass is 10.2. The predicted octanol–water partition coefficient (Wildman–Crippen LogP) is 2.26. The van der Waals surface area contributed by atoms with E-state index in [4.69, 9.17) is 0 Å². The van der Waals surface area contributed by atoms with Gasteiger partial charge in [0, 0.05) is 25.3 Å². The first-order valence-corrected chi connectivity index (χ1v) is 6.82. The number of hydrogen-bond donors (Lipinski definition) is 0. The lowest BCUT2D eigenvalue weighted by Gasteiger charge is -2.30. The maximum Gasteiger partial charge on any atom is 0.255 e. The van der Waals surface area contributed by atoms with Crippen LogP contribution in [-0.4, -0.2) is 53.9 Å². The molecular weight excluding hydrogens is 294 g/mol. The SMILES string of the molecule is CCN(C(=O)c1ccc(Br)nc1)C(C)CN(C)C. The van der Waals surface area contributed by atoms with E-state index in [1.165, 1.54) is 0 Å². The number of hydrogen-bond acceptors (Lipinski definition) is 3. The second-order valence-electron chi connectivity index (χ2n) is 4.57. The Bertz CT molecular complexity index is 392. The highest BCUT2D eigenvalue weighted by Crippen LogP contribution is 2.11. The van der Waals surface area contributed by atoms with Crippen LogP contribution in [0.15, 0.2) is 22.9 Å². The average molecular weight is 314 g/mol. The van der Waals surface area contributed by atoms with Gasteiger partial charge in [0.15, 0.2) is 0 Å². The number of carbonyl (C=O) groups is 1. The Morgan fingerprint density at radius 1 is 1.44 bits per heavy atom. The summed E-state index contributed by atoms with van der Waals surface area (Å²) in [6.07, 6.45) is 1.61. The summed E-state index contributed by atoms with van der Waals surface area (Å²) in [7, 11) is 4.02. The van der Waals surface area contributed by atoms with Gasteiger partial charge in [0.1, 0.15) is 4.60 Å². The van der Waals surface area contributed by atoms with Gasteiger partial charge < -0.3 is 9.80 Å². The predicted molar refractivity (Wildman–Crippen MR) is 76.7 cm³/mol. The molecule has 0 bridgehead atoms. The Hall–Kier alpha value is -0.940. The monoisotopic (exact) mass is 313 g/mol. The lowest BCUT2D eigenvalue weighted by molar-refractivity contribution is 0.0678. The van der Waals surface area contributed by atoms with Crippen LogP contribution in [-0.2, 0) is 0 Å². The lowest BCUT2D eigenvalue weighted by Crippen LogP contribution is -2.43. The van der Waals surface area contributed by atoms with Gasteiger partial charge in [-0.3, -0.25) is 4.79 Å². The minimum atomic E-state index is 0.0341. The van der Waals surface area contributed by atoms with E-state index in [1.54, 1.807) is 18.3 Å². The molecule has 0 spiro atoms. The van der Waals surface area contributed by atoms with Crippen molar-refractivity contribution in [3.8, 4) is 0 Å². The van der Waals surface area contributed by atoms with Crippen LogP contribution in [0.4, 0.5) is 0 Å². The summed E-state index contributed by atoms with van der Waals surface area (Å²) in [4.78, 5) is 20.4. The van der Waals surface area contributed by atoms with E-state index in [1.807, 2.05) is 25.9 Å². The fourth-order valence-electron chi connectivity index (χ4n) is 1.95. The highest BCUT2D eigenvalue weighted by atomic mass is 79.9. The molecule has 1 unspecified atom stereocenters. The normalized spacial score (nSPS) is 12.6. The Morgan fingerprint density at radius 2 is 2.11 bits per heavy atom. The molecule has 1 rings (SSSR count). The van der Waals surface area contributed by atoms with Crippen molar-refractivity contribution in [2.45, 2.75) is 19.9 Å². The summed E-state index contributed by atoms with van der Waals surface area (Å²) in [5.74, 6) is 0.0341. The Morgan fingerprint density at radius 3 is 2.56 bits per heavy atom. The smallest absolute Gasteiger partial charge is 0.255 e. The quantitative estimate of drug-likeness (QED) is 0.782. The van der Waals surface area contributed by atoms with Gasteiger partial charge in [-0.1, -0.05) is 0 Å². The largest absolute Gasteiger partial charge is 0.335 e. The molecule has 1 atom stereocenters. The van der Waals surface area contributed by atoms with Gasteiger partial charge in [-0.15, -0.1) is 0 Å². The van der Waals surface area contributed by atoms with Crippen molar-refractivity contribution in [3.05, 3.63) is 28.5 Å². The molecule has 0 aliphatic heterocycles. The third-order valence-corrected chi connectivity index (χ3v) is 3.21. The van der Waals surface area contributed by atoms with Crippen LogP contribution in [0.5, 0.6) is 0 Å². The molecule has 1 heterocycles. The molecule has 1 aromatic heterocycles. The van der Waals surface area contributed by atoms with E-state index in [-0.39, 0.29) is 11.9 Å². The number of pyridine rings is 1. The minimum absolute atomic E-state index is 0.0341. The number of halogens is 1. The number of carbonyl (C=O) groups excluding carboxylic acids is 1. The number of nitrogens with zero attached hydrogens (tertiary/aromatic N) is 3. The number of aromatic nitrogens is 1. The van der Waals surface area contributed by atoms with Gasteiger partial charge in [0.05, 0.1) is 5.56 Å². The molecule has 100 valence electrons. The molecule has 1 amide bonds. The van der Waals surface area contributed by atoms with E-state index in [9.17, 15) is 4.79 Å². The van der Waals surface area contributed by atoms with Crippen LogP contribution < -0.4 is 0 Å². The molecule has 18 heavy (non-hydrogen) atoms. The van der Waals surface area contributed by atoms with E-state index < -0.39 is 0 Å². The zero-order chi connectivity index (χ0) is 13.7. The highest BCUT2D eigenvalue weighted by Gasteiger charge is 2.20. The van der Waals surface area contributed by atoms with Crippen LogP contribution in [0.3, 0.4) is 0 Å². The average Bonchev–Trinajstić information content (AvgIpc) is 2.29. The van der Waals surface area contributed by atoms with Crippen LogP contribution in [0, 0.1) is 0 Å². The summed E-state index contributed by atoms with van der Waals surface area (Å²) in [5.41, 5.74) is 0.630. The van der Waals surface area contributed by atoms with E-state index in [0.29, 0.717) is 12.1 Å². The molecule has 0 aliphatic carbocycles. The fourth-order valence-corrected chi connectivity index (χ4v) is 2.19. The van der Waals surface area contributed by atoms with E-state index in [2.05, 4.69) is 32.7 Å². The second kappa shape index (κ2) is 6.85. The van der Waals surface area contributed by atoms with Gasteiger partial charge in [-0.2, -0.15) is 0 Å². The third kappa shape index (κ3) is 4.07.